The van der Waals surface area contributed by atoms with Crippen molar-refractivity contribution in [3.63, 3.8) is 0 Å². The molecule has 1 aliphatic heterocycles. The van der Waals surface area contributed by atoms with Gasteiger partial charge in [-0.2, -0.15) is 0 Å². The minimum atomic E-state index is -0.169. The number of aliphatic hydroxyl groups is 1. The number of hydrogen-bond acceptors (Lipinski definition) is 5. The highest BCUT2D eigenvalue weighted by Crippen LogP contribution is 2.12. The van der Waals surface area contributed by atoms with E-state index >= 15 is 0 Å². The first kappa shape index (κ1) is 26.8. The molecule has 5 nitrogen and oxygen atoms in total. The molecule has 0 aromatic rings. The van der Waals surface area contributed by atoms with Crippen molar-refractivity contribution in [2.75, 3.05) is 66.0 Å². The summed E-state index contributed by atoms with van der Waals surface area (Å²) in [5, 5.41) is 10.6. The molecule has 0 saturated carbocycles. The quantitative estimate of drug-likeness (QED) is 0.318. The summed E-state index contributed by atoms with van der Waals surface area (Å²) in [6, 6.07) is 0. The van der Waals surface area contributed by atoms with Crippen LogP contribution in [0, 0.1) is 0 Å². The van der Waals surface area contributed by atoms with Gasteiger partial charge in [-0.15, -0.1) is 0 Å². The molecule has 1 aliphatic rings. The van der Waals surface area contributed by atoms with Crippen LogP contribution in [0.1, 0.15) is 84.0 Å². The van der Waals surface area contributed by atoms with E-state index in [2.05, 4.69) is 28.7 Å². The first-order chi connectivity index (χ1) is 14.2. The monoisotopic (exact) mass is 412 g/mol. The lowest BCUT2D eigenvalue weighted by Crippen LogP contribution is -2.47. The van der Waals surface area contributed by atoms with E-state index < -0.39 is 0 Å². The maximum absolute atomic E-state index is 10.6. The Morgan fingerprint density at radius 1 is 0.828 bits per heavy atom. The van der Waals surface area contributed by atoms with Crippen molar-refractivity contribution in [2.24, 2.45) is 5.73 Å². The first-order valence-electron chi connectivity index (χ1n) is 12.7. The lowest BCUT2D eigenvalue weighted by Gasteiger charge is -2.34. The molecule has 0 radical (unpaired) electrons. The van der Waals surface area contributed by atoms with Crippen LogP contribution in [0.15, 0.2) is 0 Å². The number of likely N-dealkylation sites (N-methyl/N-ethyl adjacent to an activating group) is 1. The molecule has 0 amide bonds. The van der Waals surface area contributed by atoms with Crippen LogP contribution in [0.2, 0.25) is 0 Å². The first-order valence-corrected chi connectivity index (χ1v) is 12.7. The topological polar surface area (TPSA) is 56.0 Å². The number of nitrogens with two attached hydrogens (primary N) is 1. The van der Waals surface area contributed by atoms with E-state index in [1.165, 1.54) is 90.4 Å². The fourth-order valence-corrected chi connectivity index (χ4v) is 4.21. The standard InChI is InChI=1S/C24H52N4O/c1-3-4-5-6-7-8-9-11-14-24(29)23-28(16-13-10-12-15-25)22-21-27-19-17-26(2)18-20-27/h24,29H,3-23,25H2,1-2H3. The highest BCUT2D eigenvalue weighted by Gasteiger charge is 2.16. The summed E-state index contributed by atoms with van der Waals surface area (Å²) in [6.45, 7) is 11.9. The number of rotatable bonds is 19. The van der Waals surface area contributed by atoms with Gasteiger partial charge in [-0.1, -0.05) is 64.7 Å². The molecule has 0 bridgehead atoms. The number of aliphatic hydroxyl groups excluding tert-OH is 1. The third-order valence-electron chi connectivity index (χ3n) is 6.37. The van der Waals surface area contributed by atoms with Gasteiger partial charge in [0.2, 0.25) is 0 Å². The van der Waals surface area contributed by atoms with Crippen LogP contribution in [0.25, 0.3) is 0 Å². The Bertz CT molecular complexity index is 348. The van der Waals surface area contributed by atoms with Crippen LogP contribution in [-0.4, -0.2) is 91.9 Å². The zero-order chi connectivity index (χ0) is 21.2. The zero-order valence-corrected chi connectivity index (χ0v) is 19.8. The molecule has 1 rings (SSSR count). The van der Waals surface area contributed by atoms with Crippen molar-refractivity contribution in [1.29, 1.82) is 0 Å². The molecule has 1 atom stereocenters. The van der Waals surface area contributed by atoms with E-state index in [9.17, 15) is 5.11 Å². The van der Waals surface area contributed by atoms with Gasteiger partial charge in [0.05, 0.1) is 6.10 Å². The maximum Gasteiger partial charge on any atom is 0.0667 e. The average Bonchev–Trinajstić information content (AvgIpc) is 2.72. The van der Waals surface area contributed by atoms with Gasteiger partial charge in [0.1, 0.15) is 0 Å². The summed E-state index contributed by atoms with van der Waals surface area (Å²) < 4.78 is 0. The number of piperazine rings is 1. The molecule has 0 aromatic heterocycles. The number of nitrogens with zero attached hydrogens (tertiary/aromatic N) is 3. The summed E-state index contributed by atoms with van der Waals surface area (Å²) in [6.07, 6.45) is 15.0. The molecule has 1 unspecified atom stereocenters. The van der Waals surface area contributed by atoms with Gasteiger partial charge in [0, 0.05) is 45.8 Å². The van der Waals surface area contributed by atoms with Crippen molar-refractivity contribution in [2.45, 2.75) is 90.1 Å². The molecule has 1 fully saturated rings. The van der Waals surface area contributed by atoms with E-state index in [0.717, 1.165) is 45.6 Å². The molecule has 29 heavy (non-hydrogen) atoms. The normalized spacial score (nSPS) is 17.3. The lowest BCUT2D eigenvalue weighted by atomic mass is 10.1. The van der Waals surface area contributed by atoms with Gasteiger partial charge in [0.15, 0.2) is 0 Å². The van der Waals surface area contributed by atoms with Crippen molar-refractivity contribution in [3.05, 3.63) is 0 Å². The highest BCUT2D eigenvalue weighted by atomic mass is 16.3. The summed E-state index contributed by atoms with van der Waals surface area (Å²) >= 11 is 0. The Morgan fingerprint density at radius 2 is 1.45 bits per heavy atom. The SMILES string of the molecule is CCCCCCCCCCC(O)CN(CCCCCN)CCN1CCN(C)CC1. The van der Waals surface area contributed by atoms with Crippen molar-refractivity contribution < 1.29 is 5.11 Å². The highest BCUT2D eigenvalue weighted by molar-refractivity contribution is 4.72. The number of unbranched alkanes of at least 4 members (excludes halogenated alkanes) is 9. The molecule has 0 spiro atoms. The molecule has 174 valence electrons. The molecule has 1 saturated heterocycles. The maximum atomic E-state index is 10.6. The molecule has 0 aromatic carbocycles. The second kappa shape index (κ2) is 18.6. The van der Waals surface area contributed by atoms with Gasteiger partial charge in [0.25, 0.3) is 0 Å². The average molecular weight is 413 g/mol. The number of hydrogen-bond donors (Lipinski definition) is 2. The molecule has 3 N–H and O–H groups in total. The van der Waals surface area contributed by atoms with Crippen molar-refractivity contribution in [3.8, 4) is 0 Å². The van der Waals surface area contributed by atoms with E-state index in [4.69, 9.17) is 5.73 Å². The van der Waals surface area contributed by atoms with Crippen molar-refractivity contribution in [1.82, 2.24) is 14.7 Å². The van der Waals surface area contributed by atoms with Gasteiger partial charge >= 0.3 is 0 Å². The third kappa shape index (κ3) is 15.3. The third-order valence-corrected chi connectivity index (χ3v) is 6.37. The second-order valence-corrected chi connectivity index (χ2v) is 9.21. The minimum Gasteiger partial charge on any atom is -0.392 e. The van der Waals surface area contributed by atoms with Gasteiger partial charge in [-0.25, -0.2) is 0 Å². The molecule has 1 heterocycles. The fraction of sp³-hybridized carbons (Fsp3) is 1.00. The second-order valence-electron chi connectivity index (χ2n) is 9.21. The van der Waals surface area contributed by atoms with E-state index in [0.29, 0.717) is 0 Å². The Balaban J connectivity index is 2.20. The fourth-order valence-electron chi connectivity index (χ4n) is 4.21. The Labute approximate surface area is 182 Å². The summed E-state index contributed by atoms with van der Waals surface area (Å²) in [7, 11) is 2.21. The zero-order valence-electron chi connectivity index (χ0n) is 19.8. The van der Waals surface area contributed by atoms with Crippen LogP contribution >= 0.6 is 0 Å². The molecular formula is C24H52N4O. The van der Waals surface area contributed by atoms with Crippen LogP contribution in [0.4, 0.5) is 0 Å². The van der Waals surface area contributed by atoms with Crippen LogP contribution in [0.5, 0.6) is 0 Å². The molecular weight excluding hydrogens is 360 g/mol. The Hall–Kier alpha value is -0.200. The Morgan fingerprint density at radius 3 is 2.10 bits per heavy atom. The Kier molecular flexibility index (Phi) is 17.2. The molecule has 0 aliphatic carbocycles. The predicted molar refractivity (Wildman–Crippen MR) is 127 cm³/mol. The predicted octanol–water partition coefficient (Wildman–Crippen LogP) is 3.56. The van der Waals surface area contributed by atoms with Crippen molar-refractivity contribution >= 4 is 0 Å². The van der Waals surface area contributed by atoms with Gasteiger partial charge in [-0.05, 0) is 39.4 Å². The summed E-state index contributed by atoms with van der Waals surface area (Å²) in [5.74, 6) is 0. The van der Waals surface area contributed by atoms with E-state index in [-0.39, 0.29) is 6.10 Å². The minimum absolute atomic E-state index is 0.169. The smallest absolute Gasteiger partial charge is 0.0667 e. The van der Waals surface area contributed by atoms with Gasteiger partial charge < -0.3 is 15.7 Å². The van der Waals surface area contributed by atoms with Crippen LogP contribution in [-0.2, 0) is 0 Å². The molecule has 5 heteroatoms. The van der Waals surface area contributed by atoms with E-state index in [1.54, 1.807) is 0 Å². The lowest BCUT2D eigenvalue weighted by molar-refractivity contribution is 0.0861. The van der Waals surface area contributed by atoms with Gasteiger partial charge in [-0.3, -0.25) is 9.80 Å². The van der Waals surface area contributed by atoms with E-state index in [1.807, 2.05) is 0 Å². The summed E-state index contributed by atoms with van der Waals surface area (Å²) in [5.41, 5.74) is 5.64. The largest absolute Gasteiger partial charge is 0.392 e. The van der Waals surface area contributed by atoms with Crippen LogP contribution in [0.3, 0.4) is 0 Å². The summed E-state index contributed by atoms with van der Waals surface area (Å²) in [4.78, 5) is 7.50. The van der Waals surface area contributed by atoms with Crippen LogP contribution < -0.4 is 5.73 Å².